The van der Waals surface area contributed by atoms with E-state index in [1.54, 1.807) is 24.5 Å². The molecule has 0 saturated heterocycles. The van der Waals surface area contributed by atoms with Crippen LogP contribution in [0.4, 0.5) is 10.6 Å². The third-order valence-electron chi connectivity index (χ3n) is 9.11. The standard InChI is InChI=1S/C34H43Cl2N7O4Si/c1-9-43-30(27(36)16-38-43)29-21(2)32(42-17-22-11-10-14-37-28(22)19-42)40-31(39-29)25-15-23(12-13-26(25)35)46-20-24(18-41(6)33(44)45)47-48(7,8)34(3,4)5/h10-16,24H,9,17-20H2,1-8H3,(H,44,45)/t24-/m1/s1. The van der Waals surface area contributed by atoms with Gasteiger partial charge in [0.15, 0.2) is 14.1 Å². The first-order valence-electron chi connectivity index (χ1n) is 15.9. The van der Waals surface area contributed by atoms with Crippen LogP contribution in [0, 0.1) is 6.92 Å². The van der Waals surface area contributed by atoms with Crippen LogP contribution in [-0.4, -0.2) is 75.5 Å². The van der Waals surface area contributed by atoms with E-state index in [1.807, 2.05) is 30.7 Å². The average Bonchev–Trinajstić information content (AvgIpc) is 3.63. The van der Waals surface area contributed by atoms with E-state index in [0.717, 1.165) is 22.6 Å². The quantitative estimate of drug-likeness (QED) is 0.155. The van der Waals surface area contributed by atoms with Gasteiger partial charge in [0.25, 0.3) is 0 Å². The Balaban J connectivity index is 1.53. The Hall–Kier alpha value is -3.71. The third-order valence-corrected chi connectivity index (χ3v) is 14.3. The summed E-state index contributed by atoms with van der Waals surface area (Å²) in [5.41, 5.74) is 4.95. The van der Waals surface area contributed by atoms with E-state index in [-0.39, 0.29) is 18.2 Å². The number of benzene rings is 1. The van der Waals surface area contributed by atoms with Crippen molar-refractivity contribution in [3.05, 3.63) is 69.6 Å². The Morgan fingerprint density at radius 2 is 1.90 bits per heavy atom. The second-order valence-electron chi connectivity index (χ2n) is 13.6. The van der Waals surface area contributed by atoms with Gasteiger partial charge < -0.3 is 24.1 Å². The predicted octanol–water partition coefficient (Wildman–Crippen LogP) is 7.94. The van der Waals surface area contributed by atoms with Crippen molar-refractivity contribution in [1.29, 1.82) is 0 Å². The van der Waals surface area contributed by atoms with Gasteiger partial charge in [0.05, 0.1) is 46.8 Å². The number of hydrogen-bond acceptors (Lipinski definition) is 8. The SMILES string of the molecule is CCn1ncc(Cl)c1-c1nc(-c2cc(OC[C@@H](CN(C)C(=O)O)O[Si](C)(C)C(C)(C)C)ccc2Cl)nc(N2Cc3cccnc3C2)c1C. The summed E-state index contributed by atoms with van der Waals surface area (Å²) in [7, 11) is -0.714. The zero-order valence-corrected chi connectivity index (χ0v) is 31.2. The number of likely N-dealkylation sites (N-methyl/N-ethyl adjacent to an activating group) is 1. The largest absolute Gasteiger partial charge is 0.491 e. The van der Waals surface area contributed by atoms with Gasteiger partial charge in [-0.3, -0.25) is 9.67 Å². The van der Waals surface area contributed by atoms with Gasteiger partial charge in [0.1, 0.15) is 23.9 Å². The number of carboxylic acid groups (broad SMARTS) is 1. The zero-order chi connectivity index (χ0) is 35.0. The van der Waals surface area contributed by atoms with E-state index in [1.165, 1.54) is 11.9 Å². The van der Waals surface area contributed by atoms with Crippen molar-refractivity contribution in [2.75, 3.05) is 25.1 Å². The molecule has 0 spiro atoms. The molecule has 1 aromatic carbocycles. The van der Waals surface area contributed by atoms with Crippen LogP contribution in [-0.2, 0) is 24.1 Å². The molecule has 1 aliphatic heterocycles. The van der Waals surface area contributed by atoms with Gasteiger partial charge in [-0.15, -0.1) is 0 Å². The van der Waals surface area contributed by atoms with Crippen LogP contribution in [0.5, 0.6) is 5.75 Å². The number of hydrogen-bond donors (Lipinski definition) is 1. The molecule has 0 bridgehead atoms. The van der Waals surface area contributed by atoms with Crippen molar-refractivity contribution in [1.82, 2.24) is 29.6 Å². The summed E-state index contributed by atoms with van der Waals surface area (Å²) in [5.74, 6) is 1.68. The normalized spacial score (nSPS) is 13.8. The topological polar surface area (TPSA) is 119 Å². The van der Waals surface area contributed by atoms with E-state index in [4.69, 9.17) is 42.3 Å². The number of anilines is 1. The number of rotatable bonds is 11. The van der Waals surface area contributed by atoms with Crippen molar-refractivity contribution in [3.8, 4) is 28.5 Å². The minimum atomic E-state index is -2.24. The molecule has 14 heteroatoms. The molecule has 256 valence electrons. The number of amides is 1. The molecular formula is C34H43Cl2N7O4Si. The molecule has 0 radical (unpaired) electrons. The van der Waals surface area contributed by atoms with Crippen LogP contribution in [0.2, 0.25) is 28.2 Å². The molecule has 4 heterocycles. The Bertz CT molecular complexity index is 1790. The number of aromatic nitrogens is 5. The van der Waals surface area contributed by atoms with E-state index < -0.39 is 20.5 Å². The van der Waals surface area contributed by atoms with Gasteiger partial charge in [0.2, 0.25) is 0 Å². The molecule has 4 aromatic rings. The van der Waals surface area contributed by atoms with Crippen LogP contribution < -0.4 is 9.64 Å². The van der Waals surface area contributed by atoms with Gasteiger partial charge in [-0.1, -0.05) is 50.0 Å². The van der Waals surface area contributed by atoms with Crippen molar-refractivity contribution in [3.63, 3.8) is 0 Å². The molecule has 0 fully saturated rings. The summed E-state index contributed by atoms with van der Waals surface area (Å²) in [5, 5.41) is 14.9. The minimum Gasteiger partial charge on any atom is -0.491 e. The number of halogens is 2. The summed E-state index contributed by atoms with van der Waals surface area (Å²) < 4.78 is 14.7. The maximum atomic E-state index is 11.7. The summed E-state index contributed by atoms with van der Waals surface area (Å²) in [6.45, 7) is 16.9. The van der Waals surface area contributed by atoms with Crippen molar-refractivity contribution >= 4 is 43.4 Å². The number of ether oxygens (including phenoxy) is 1. The van der Waals surface area contributed by atoms with Crippen molar-refractivity contribution in [2.24, 2.45) is 0 Å². The predicted molar refractivity (Wildman–Crippen MR) is 191 cm³/mol. The van der Waals surface area contributed by atoms with E-state index >= 15 is 0 Å². The second-order valence-corrected chi connectivity index (χ2v) is 19.2. The molecule has 1 aliphatic rings. The molecule has 5 rings (SSSR count). The molecule has 0 aliphatic carbocycles. The Morgan fingerprint density at radius 1 is 1.15 bits per heavy atom. The summed E-state index contributed by atoms with van der Waals surface area (Å²) in [6, 6.07) is 9.36. The van der Waals surface area contributed by atoms with Crippen molar-refractivity contribution in [2.45, 2.75) is 78.5 Å². The van der Waals surface area contributed by atoms with Crippen LogP contribution in [0.3, 0.4) is 0 Å². The number of aryl methyl sites for hydroxylation is 1. The Labute approximate surface area is 293 Å². The first-order chi connectivity index (χ1) is 22.6. The van der Waals surface area contributed by atoms with Gasteiger partial charge >= 0.3 is 6.09 Å². The van der Waals surface area contributed by atoms with Gasteiger partial charge in [-0.2, -0.15) is 5.10 Å². The van der Waals surface area contributed by atoms with E-state index in [9.17, 15) is 9.90 Å². The van der Waals surface area contributed by atoms with Crippen LogP contribution in [0.25, 0.3) is 22.8 Å². The molecule has 11 nitrogen and oxygen atoms in total. The van der Waals surface area contributed by atoms with Crippen LogP contribution in [0.15, 0.2) is 42.7 Å². The number of pyridine rings is 1. The fourth-order valence-corrected chi connectivity index (χ4v) is 7.17. The second kappa shape index (κ2) is 14.0. The van der Waals surface area contributed by atoms with Gasteiger partial charge in [-0.05, 0) is 61.8 Å². The first kappa shape index (κ1) is 35.6. The van der Waals surface area contributed by atoms with Crippen LogP contribution in [0.1, 0.15) is 44.5 Å². The highest BCUT2D eigenvalue weighted by Crippen LogP contribution is 2.40. The molecule has 1 N–H and O–H groups in total. The van der Waals surface area contributed by atoms with Crippen LogP contribution >= 0.6 is 23.2 Å². The number of fused-ring (bicyclic) bond motifs is 1. The summed E-state index contributed by atoms with van der Waals surface area (Å²) in [6.07, 6.45) is 1.92. The maximum Gasteiger partial charge on any atom is 0.407 e. The van der Waals surface area contributed by atoms with E-state index in [0.29, 0.717) is 58.2 Å². The third kappa shape index (κ3) is 7.46. The highest BCUT2D eigenvalue weighted by Gasteiger charge is 2.40. The number of carbonyl (C=O) groups is 1. The highest BCUT2D eigenvalue weighted by molar-refractivity contribution is 6.74. The fraction of sp³-hybridized carbons (Fsp3) is 0.441. The molecule has 48 heavy (non-hydrogen) atoms. The molecule has 0 unspecified atom stereocenters. The summed E-state index contributed by atoms with van der Waals surface area (Å²) in [4.78, 5) is 29.8. The monoisotopic (exact) mass is 711 g/mol. The highest BCUT2D eigenvalue weighted by atomic mass is 35.5. The van der Waals surface area contributed by atoms with E-state index in [2.05, 4.69) is 54.9 Å². The lowest BCUT2D eigenvalue weighted by atomic mass is 10.1. The molecule has 1 amide bonds. The summed E-state index contributed by atoms with van der Waals surface area (Å²) >= 11 is 13.5. The van der Waals surface area contributed by atoms with Gasteiger partial charge in [0, 0.05) is 37.5 Å². The lowest BCUT2D eigenvalue weighted by Crippen LogP contribution is -2.49. The molecular weight excluding hydrogens is 669 g/mol. The Morgan fingerprint density at radius 3 is 2.56 bits per heavy atom. The lowest BCUT2D eigenvalue weighted by molar-refractivity contribution is 0.0794. The smallest absolute Gasteiger partial charge is 0.407 e. The molecule has 0 saturated carbocycles. The average molecular weight is 713 g/mol. The van der Waals surface area contributed by atoms with Crippen molar-refractivity contribution < 1.29 is 19.1 Å². The molecule has 3 aromatic heterocycles. The first-order valence-corrected chi connectivity index (χ1v) is 19.6. The number of nitrogens with zero attached hydrogens (tertiary/aromatic N) is 7. The zero-order valence-electron chi connectivity index (χ0n) is 28.7. The Kier molecular flexibility index (Phi) is 10.4. The fourth-order valence-electron chi connectivity index (χ4n) is 5.41. The maximum absolute atomic E-state index is 11.7. The molecule has 1 atom stereocenters. The lowest BCUT2D eigenvalue weighted by Gasteiger charge is -2.39. The van der Waals surface area contributed by atoms with Gasteiger partial charge in [-0.25, -0.2) is 14.8 Å². The minimum absolute atomic E-state index is 0.0680.